The Labute approximate surface area is 188 Å². The number of carbonyl (C=O) groups excluding carboxylic acids is 2. The van der Waals surface area contributed by atoms with Crippen molar-refractivity contribution >= 4 is 11.8 Å². The molecule has 3 N–H and O–H groups in total. The van der Waals surface area contributed by atoms with Crippen LogP contribution < -0.4 is 25.6 Å². The summed E-state index contributed by atoms with van der Waals surface area (Å²) in [6, 6.07) is 14.8. The number of ether oxygens (including phenoxy) is 2. The minimum atomic E-state index is -0.269. The van der Waals surface area contributed by atoms with E-state index in [1.54, 1.807) is 32.4 Å². The van der Waals surface area contributed by atoms with Crippen molar-refractivity contribution in [2.24, 2.45) is 0 Å². The van der Waals surface area contributed by atoms with Crippen LogP contribution in [-0.2, 0) is 4.79 Å². The van der Waals surface area contributed by atoms with Crippen molar-refractivity contribution in [1.29, 1.82) is 0 Å². The summed E-state index contributed by atoms with van der Waals surface area (Å²) in [7, 11) is 3.23. The molecule has 4 rings (SSSR count). The average Bonchev–Trinajstić information content (AvgIpc) is 3.34. The Bertz CT molecular complexity index is 959. The molecule has 0 bridgehead atoms. The summed E-state index contributed by atoms with van der Waals surface area (Å²) in [4.78, 5) is 27.5. The van der Waals surface area contributed by atoms with Crippen molar-refractivity contribution in [3.63, 3.8) is 0 Å². The molecule has 0 spiro atoms. The number of carbonyl (C=O) groups is 2. The van der Waals surface area contributed by atoms with E-state index in [0.29, 0.717) is 30.8 Å². The van der Waals surface area contributed by atoms with Crippen molar-refractivity contribution in [2.75, 3.05) is 27.3 Å². The minimum Gasteiger partial charge on any atom is -0.497 e. The van der Waals surface area contributed by atoms with Crippen LogP contribution in [0.25, 0.3) is 0 Å². The highest BCUT2D eigenvalue weighted by atomic mass is 16.5. The molecule has 8 nitrogen and oxygen atoms in total. The van der Waals surface area contributed by atoms with Crippen LogP contribution in [0.1, 0.15) is 41.2 Å². The van der Waals surface area contributed by atoms with Crippen LogP contribution in [0, 0.1) is 0 Å². The molecule has 0 aliphatic carbocycles. The number of hydrogen-bond acceptors (Lipinski definition) is 6. The summed E-state index contributed by atoms with van der Waals surface area (Å²) >= 11 is 0. The number of rotatable bonds is 6. The first kappa shape index (κ1) is 22.1. The second-order valence-electron chi connectivity index (χ2n) is 8.21. The number of likely N-dealkylation sites (tertiary alicyclic amines) is 1. The van der Waals surface area contributed by atoms with Gasteiger partial charge in [-0.3, -0.25) is 9.59 Å². The molecule has 2 aliphatic rings. The third-order valence-electron chi connectivity index (χ3n) is 6.17. The Hall–Kier alpha value is -3.10. The summed E-state index contributed by atoms with van der Waals surface area (Å²) < 4.78 is 10.5. The number of amides is 2. The number of benzene rings is 2. The molecule has 2 unspecified atom stereocenters. The summed E-state index contributed by atoms with van der Waals surface area (Å²) in [5.74, 6) is 1.44. The molecule has 0 aromatic heterocycles. The number of nitrogens with one attached hydrogen (secondary N) is 3. The Balaban J connectivity index is 1.27. The molecule has 2 aromatic carbocycles. The van der Waals surface area contributed by atoms with E-state index in [4.69, 9.17) is 9.47 Å². The predicted molar refractivity (Wildman–Crippen MR) is 120 cm³/mol. The van der Waals surface area contributed by atoms with Gasteiger partial charge >= 0.3 is 0 Å². The van der Waals surface area contributed by atoms with E-state index < -0.39 is 0 Å². The van der Waals surface area contributed by atoms with E-state index in [0.717, 1.165) is 24.2 Å². The highest BCUT2D eigenvalue weighted by Crippen LogP contribution is 2.26. The maximum Gasteiger partial charge on any atom is 0.251 e. The van der Waals surface area contributed by atoms with Crippen molar-refractivity contribution < 1.29 is 19.1 Å². The van der Waals surface area contributed by atoms with Gasteiger partial charge < -0.3 is 19.7 Å². The van der Waals surface area contributed by atoms with Gasteiger partial charge in [0, 0.05) is 30.7 Å². The Morgan fingerprint density at radius 2 is 1.66 bits per heavy atom. The smallest absolute Gasteiger partial charge is 0.251 e. The molecule has 2 heterocycles. The second kappa shape index (κ2) is 10.0. The van der Waals surface area contributed by atoms with Crippen molar-refractivity contribution in [1.82, 2.24) is 21.1 Å². The van der Waals surface area contributed by atoms with Crippen LogP contribution in [0.4, 0.5) is 0 Å². The SMILES string of the molecule is COc1cccc(C(=O)NC2CCN(C(=O)C3CC(c4cccc(OC)c4)NN3)CC2)c1. The summed E-state index contributed by atoms with van der Waals surface area (Å²) in [6.07, 6.45) is 2.15. The average molecular weight is 439 g/mol. The van der Waals surface area contributed by atoms with Crippen LogP contribution >= 0.6 is 0 Å². The van der Waals surface area contributed by atoms with E-state index in [9.17, 15) is 9.59 Å². The lowest BCUT2D eigenvalue weighted by Gasteiger charge is -2.33. The van der Waals surface area contributed by atoms with Crippen LogP contribution in [0.3, 0.4) is 0 Å². The molecule has 2 atom stereocenters. The topological polar surface area (TPSA) is 91.9 Å². The first-order chi connectivity index (χ1) is 15.6. The molecule has 8 heteroatoms. The maximum absolute atomic E-state index is 13.0. The van der Waals surface area contributed by atoms with Crippen LogP contribution in [0.5, 0.6) is 11.5 Å². The van der Waals surface area contributed by atoms with E-state index >= 15 is 0 Å². The molecule has 0 saturated carbocycles. The molecule has 2 amide bonds. The summed E-state index contributed by atoms with van der Waals surface area (Å²) in [5, 5.41) is 3.08. The fourth-order valence-electron chi connectivity index (χ4n) is 4.29. The molecule has 2 aliphatic heterocycles. The number of hydrogen-bond donors (Lipinski definition) is 3. The third-order valence-corrected chi connectivity index (χ3v) is 6.17. The first-order valence-electron chi connectivity index (χ1n) is 11.0. The number of piperidine rings is 1. The van der Waals surface area contributed by atoms with Gasteiger partial charge in [0.05, 0.1) is 14.2 Å². The van der Waals surface area contributed by atoms with Gasteiger partial charge in [-0.1, -0.05) is 18.2 Å². The van der Waals surface area contributed by atoms with Gasteiger partial charge in [-0.25, -0.2) is 10.9 Å². The summed E-state index contributed by atoms with van der Waals surface area (Å²) in [6.45, 7) is 1.26. The first-order valence-corrected chi connectivity index (χ1v) is 11.0. The monoisotopic (exact) mass is 438 g/mol. The Kier molecular flexibility index (Phi) is 6.92. The second-order valence-corrected chi connectivity index (χ2v) is 8.21. The van der Waals surface area contributed by atoms with Gasteiger partial charge in [0.15, 0.2) is 0 Å². The predicted octanol–water partition coefficient (Wildman–Crippen LogP) is 2.03. The van der Waals surface area contributed by atoms with Gasteiger partial charge in [-0.15, -0.1) is 0 Å². The fraction of sp³-hybridized carbons (Fsp3) is 0.417. The lowest BCUT2D eigenvalue weighted by atomic mass is 9.99. The molecular weight excluding hydrogens is 408 g/mol. The van der Waals surface area contributed by atoms with E-state index in [1.807, 2.05) is 35.2 Å². The quantitative estimate of drug-likeness (QED) is 0.639. The lowest BCUT2D eigenvalue weighted by molar-refractivity contribution is -0.134. The summed E-state index contributed by atoms with van der Waals surface area (Å²) in [5.41, 5.74) is 8.05. The largest absolute Gasteiger partial charge is 0.497 e. The molecule has 170 valence electrons. The maximum atomic E-state index is 13.0. The highest BCUT2D eigenvalue weighted by molar-refractivity contribution is 5.94. The van der Waals surface area contributed by atoms with Gasteiger partial charge in [-0.2, -0.15) is 0 Å². The molecule has 0 radical (unpaired) electrons. The zero-order chi connectivity index (χ0) is 22.5. The zero-order valence-corrected chi connectivity index (χ0v) is 18.5. The van der Waals surface area contributed by atoms with Crippen LogP contribution in [0.2, 0.25) is 0 Å². The van der Waals surface area contributed by atoms with Crippen LogP contribution in [-0.4, -0.2) is 56.1 Å². The number of hydrazine groups is 1. The molecule has 2 aromatic rings. The molecule has 2 fully saturated rings. The van der Waals surface area contributed by atoms with Crippen molar-refractivity contribution in [3.8, 4) is 11.5 Å². The number of nitrogens with zero attached hydrogens (tertiary/aromatic N) is 1. The van der Waals surface area contributed by atoms with Gasteiger partial charge in [0.1, 0.15) is 17.5 Å². The van der Waals surface area contributed by atoms with E-state index in [2.05, 4.69) is 16.2 Å². The lowest BCUT2D eigenvalue weighted by Crippen LogP contribution is -2.51. The van der Waals surface area contributed by atoms with Crippen molar-refractivity contribution in [2.45, 2.75) is 37.4 Å². The molecule has 32 heavy (non-hydrogen) atoms. The molecule has 2 saturated heterocycles. The zero-order valence-electron chi connectivity index (χ0n) is 18.5. The third kappa shape index (κ3) is 5.03. The Morgan fingerprint density at radius 3 is 2.38 bits per heavy atom. The minimum absolute atomic E-state index is 0.0527. The molecular formula is C24H30N4O4. The normalized spacial score (nSPS) is 21.2. The van der Waals surface area contributed by atoms with E-state index in [-0.39, 0.29) is 29.9 Å². The fourth-order valence-corrected chi connectivity index (χ4v) is 4.29. The van der Waals surface area contributed by atoms with Crippen LogP contribution in [0.15, 0.2) is 48.5 Å². The highest BCUT2D eigenvalue weighted by Gasteiger charge is 2.34. The van der Waals surface area contributed by atoms with E-state index in [1.165, 1.54) is 0 Å². The van der Waals surface area contributed by atoms with Gasteiger partial charge in [0.2, 0.25) is 5.91 Å². The van der Waals surface area contributed by atoms with Crippen molar-refractivity contribution in [3.05, 3.63) is 59.7 Å². The van der Waals surface area contributed by atoms with Gasteiger partial charge in [-0.05, 0) is 55.2 Å². The standard InChI is InChI=1S/C24H30N4O4/c1-31-19-7-3-5-16(13-19)21-15-22(27-26-21)24(30)28-11-9-18(10-12-28)25-23(29)17-6-4-8-20(14-17)32-2/h3-8,13-14,18,21-22,26-27H,9-12,15H2,1-2H3,(H,25,29). The number of methoxy groups -OCH3 is 2. The van der Waals surface area contributed by atoms with Gasteiger partial charge in [0.25, 0.3) is 5.91 Å². The Morgan fingerprint density at radius 1 is 0.969 bits per heavy atom.